The van der Waals surface area contributed by atoms with Crippen molar-refractivity contribution in [2.45, 2.75) is 26.3 Å². The van der Waals surface area contributed by atoms with Crippen LogP contribution < -0.4 is 10.6 Å². The lowest BCUT2D eigenvalue weighted by Crippen LogP contribution is -2.31. The van der Waals surface area contributed by atoms with Crippen LogP contribution in [-0.4, -0.2) is 15.5 Å². The Labute approximate surface area is 185 Å². The minimum Gasteiger partial charge on any atom is -0.329 e. The maximum absolute atomic E-state index is 14.2. The third-order valence-corrected chi connectivity index (χ3v) is 5.86. The fraction of sp³-hybridized carbons (Fsp3) is 0.154. The van der Waals surface area contributed by atoms with Crippen LogP contribution in [0.15, 0.2) is 84.1 Å². The number of anilines is 2. The highest BCUT2D eigenvalue weighted by molar-refractivity contribution is 6.06. The molecule has 0 saturated heterocycles. The number of nitrogens with zero attached hydrogens (tertiary/aromatic N) is 2. The van der Waals surface area contributed by atoms with Crippen molar-refractivity contribution in [3.63, 3.8) is 0 Å². The van der Waals surface area contributed by atoms with Crippen molar-refractivity contribution < 1.29 is 9.18 Å². The lowest BCUT2D eigenvalue weighted by atomic mass is 9.94. The third-order valence-electron chi connectivity index (χ3n) is 5.86. The van der Waals surface area contributed by atoms with Crippen LogP contribution >= 0.6 is 0 Å². The maximum atomic E-state index is 14.2. The van der Waals surface area contributed by atoms with Crippen LogP contribution in [-0.2, 0) is 11.2 Å². The van der Waals surface area contributed by atoms with Gasteiger partial charge < -0.3 is 10.6 Å². The second kappa shape index (κ2) is 7.96. The van der Waals surface area contributed by atoms with Crippen LogP contribution in [0, 0.1) is 5.82 Å². The van der Waals surface area contributed by atoms with Crippen molar-refractivity contribution in [2.24, 2.45) is 0 Å². The van der Waals surface area contributed by atoms with E-state index in [-0.39, 0.29) is 11.7 Å². The smallest absolute Gasteiger partial charge is 0.255 e. The Kier molecular flexibility index (Phi) is 4.98. The molecule has 0 aliphatic carbocycles. The van der Waals surface area contributed by atoms with Crippen molar-refractivity contribution in [3.05, 3.63) is 101 Å². The zero-order valence-electron chi connectivity index (χ0n) is 17.9. The Hall–Kier alpha value is -3.93. The zero-order chi connectivity index (χ0) is 22.2. The lowest BCUT2D eigenvalue weighted by molar-refractivity contribution is -0.113. The molecule has 6 heteroatoms. The predicted molar refractivity (Wildman–Crippen MR) is 125 cm³/mol. The number of aromatic nitrogens is 2. The minimum atomic E-state index is -0.524. The number of aryl methyl sites for hydroxylation is 1. The summed E-state index contributed by atoms with van der Waals surface area (Å²) in [5.41, 5.74) is 5.48. The summed E-state index contributed by atoms with van der Waals surface area (Å²) >= 11 is 0. The van der Waals surface area contributed by atoms with Gasteiger partial charge in [0.1, 0.15) is 5.82 Å². The van der Waals surface area contributed by atoms with Crippen LogP contribution in [0.25, 0.3) is 11.0 Å². The Morgan fingerprint density at radius 1 is 1.09 bits per heavy atom. The van der Waals surface area contributed by atoms with E-state index in [1.165, 1.54) is 17.7 Å². The number of carbonyl (C=O) groups is 1. The van der Waals surface area contributed by atoms with E-state index in [1.54, 1.807) is 6.07 Å². The summed E-state index contributed by atoms with van der Waals surface area (Å²) in [7, 11) is 0. The average molecular weight is 426 g/mol. The number of allylic oxidation sites excluding steroid dienone is 1. The van der Waals surface area contributed by atoms with E-state index in [0.717, 1.165) is 17.5 Å². The molecule has 160 valence electrons. The highest BCUT2D eigenvalue weighted by Gasteiger charge is 2.34. The van der Waals surface area contributed by atoms with Crippen molar-refractivity contribution >= 4 is 28.6 Å². The SMILES string of the molecule is CCc1ccc(NC(=O)C2=C(C)Nc3nc4ccccc4n3[C@@H]2c2cccc(F)c2)cc1. The third kappa shape index (κ3) is 3.43. The first-order valence-corrected chi connectivity index (χ1v) is 10.7. The first-order valence-electron chi connectivity index (χ1n) is 10.7. The number of carbonyl (C=O) groups excluding carboxylic acids is 1. The molecule has 4 aromatic rings. The van der Waals surface area contributed by atoms with Gasteiger partial charge in [0.2, 0.25) is 5.95 Å². The molecule has 0 fully saturated rings. The largest absolute Gasteiger partial charge is 0.329 e. The molecule has 1 atom stereocenters. The van der Waals surface area contributed by atoms with Gasteiger partial charge in [0.05, 0.1) is 22.6 Å². The van der Waals surface area contributed by atoms with E-state index < -0.39 is 6.04 Å². The first-order chi connectivity index (χ1) is 15.5. The molecular formula is C26H23FN4O. The molecular weight excluding hydrogens is 403 g/mol. The summed E-state index contributed by atoms with van der Waals surface area (Å²) in [5.74, 6) is 0.0401. The summed E-state index contributed by atoms with van der Waals surface area (Å²) < 4.78 is 16.2. The van der Waals surface area contributed by atoms with E-state index in [0.29, 0.717) is 28.5 Å². The van der Waals surface area contributed by atoms with E-state index >= 15 is 0 Å². The van der Waals surface area contributed by atoms with Crippen molar-refractivity contribution in [3.8, 4) is 0 Å². The van der Waals surface area contributed by atoms with Gasteiger partial charge in [-0.25, -0.2) is 9.37 Å². The fourth-order valence-corrected chi connectivity index (χ4v) is 4.27. The summed E-state index contributed by atoms with van der Waals surface area (Å²) in [6.07, 6.45) is 0.931. The number of hydrogen-bond acceptors (Lipinski definition) is 3. The molecule has 2 heterocycles. The highest BCUT2D eigenvalue weighted by atomic mass is 19.1. The van der Waals surface area contributed by atoms with Crippen molar-refractivity contribution in [1.29, 1.82) is 0 Å². The molecule has 5 rings (SSSR count). The number of para-hydroxylation sites is 2. The molecule has 0 unspecified atom stereocenters. The first kappa shape index (κ1) is 20.0. The number of nitrogens with one attached hydrogen (secondary N) is 2. The summed E-state index contributed by atoms with van der Waals surface area (Å²) in [5, 5.41) is 6.29. The maximum Gasteiger partial charge on any atom is 0.255 e. The topological polar surface area (TPSA) is 59.0 Å². The highest BCUT2D eigenvalue weighted by Crippen LogP contribution is 2.39. The molecule has 1 aromatic heterocycles. The van der Waals surface area contributed by atoms with Gasteiger partial charge in [0.25, 0.3) is 5.91 Å². The predicted octanol–water partition coefficient (Wildman–Crippen LogP) is 5.67. The van der Waals surface area contributed by atoms with Gasteiger partial charge in [-0.3, -0.25) is 9.36 Å². The summed E-state index contributed by atoms with van der Waals surface area (Å²) in [6, 6.07) is 21.4. The number of fused-ring (bicyclic) bond motifs is 3. The van der Waals surface area contributed by atoms with Crippen LogP contribution in [0.4, 0.5) is 16.0 Å². The standard InChI is InChI=1S/C26H23FN4O/c1-3-17-11-13-20(14-12-17)29-25(32)23-16(2)28-26-30-21-9-4-5-10-22(21)31(26)24(23)18-7-6-8-19(27)15-18/h4-15,24H,3H2,1-2H3,(H,28,30)(H,29,32)/t24-/m1/s1. The molecule has 0 saturated carbocycles. The fourth-order valence-electron chi connectivity index (χ4n) is 4.27. The molecule has 3 aromatic carbocycles. The number of halogens is 1. The lowest BCUT2D eigenvalue weighted by Gasteiger charge is -2.30. The van der Waals surface area contributed by atoms with Gasteiger partial charge in [0, 0.05) is 11.4 Å². The van der Waals surface area contributed by atoms with Gasteiger partial charge >= 0.3 is 0 Å². The summed E-state index contributed by atoms with van der Waals surface area (Å²) in [4.78, 5) is 18.2. The van der Waals surface area contributed by atoms with Crippen LogP contribution in [0.2, 0.25) is 0 Å². The van der Waals surface area contributed by atoms with E-state index in [4.69, 9.17) is 4.98 Å². The van der Waals surface area contributed by atoms with Gasteiger partial charge in [0.15, 0.2) is 0 Å². The molecule has 0 radical (unpaired) electrons. The Morgan fingerprint density at radius 2 is 1.88 bits per heavy atom. The van der Waals surface area contributed by atoms with Gasteiger partial charge in [-0.1, -0.05) is 43.3 Å². The Balaban J connectivity index is 1.63. The second-order valence-corrected chi connectivity index (χ2v) is 7.92. The van der Waals surface area contributed by atoms with Crippen molar-refractivity contribution in [2.75, 3.05) is 10.6 Å². The Morgan fingerprint density at radius 3 is 2.62 bits per heavy atom. The number of rotatable bonds is 4. The number of imidazole rings is 1. The van der Waals surface area contributed by atoms with E-state index in [9.17, 15) is 9.18 Å². The monoisotopic (exact) mass is 426 g/mol. The van der Waals surface area contributed by atoms with Crippen LogP contribution in [0.3, 0.4) is 0 Å². The quantitative estimate of drug-likeness (QED) is 0.442. The Bertz CT molecular complexity index is 1350. The summed E-state index contributed by atoms with van der Waals surface area (Å²) in [6.45, 7) is 3.94. The molecule has 5 nitrogen and oxygen atoms in total. The van der Waals surface area contributed by atoms with Crippen LogP contribution in [0.5, 0.6) is 0 Å². The normalized spacial score (nSPS) is 15.4. The molecule has 32 heavy (non-hydrogen) atoms. The molecule has 2 N–H and O–H groups in total. The second-order valence-electron chi connectivity index (χ2n) is 7.92. The van der Waals surface area contributed by atoms with E-state index in [1.807, 2.05) is 66.1 Å². The molecule has 1 aliphatic rings. The number of hydrogen-bond donors (Lipinski definition) is 2. The van der Waals surface area contributed by atoms with Crippen molar-refractivity contribution in [1.82, 2.24) is 9.55 Å². The van der Waals surface area contributed by atoms with Crippen LogP contribution in [0.1, 0.15) is 31.0 Å². The molecule has 0 bridgehead atoms. The van der Waals surface area contributed by atoms with Gasteiger partial charge in [-0.2, -0.15) is 0 Å². The average Bonchev–Trinajstić information content (AvgIpc) is 3.16. The molecule has 1 amide bonds. The molecule has 1 aliphatic heterocycles. The van der Waals surface area contributed by atoms with Gasteiger partial charge in [-0.15, -0.1) is 0 Å². The molecule has 0 spiro atoms. The number of benzene rings is 3. The minimum absolute atomic E-state index is 0.239. The van der Waals surface area contributed by atoms with E-state index in [2.05, 4.69) is 17.6 Å². The van der Waals surface area contributed by atoms with Gasteiger partial charge in [-0.05, 0) is 60.9 Å². The zero-order valence-corrected chi connectivity index (χ0v) is 17.9. The number of amides is 1.